The van der Waals surface area contributed by atoms with Crippen LogP contribution in [0.4, 0.5) is 14.5 Å². The molecule has 3 heterocycles. The van der Waals surface area contributed by atoms with Gasteiger partial charge in [-0.1, -0.05) is 30.3 Å². The number of hydrogen-bond donors (Lipinski definition) is 0. The second kappa shape index (κ2) is 8.37. The highest BCUT2D eigenvalue weighted by atomic mass is 32.2. The fourth-order valence-corrected chi connectivity index (χ4v) is 8.15. The Morgan fingerprint density at radius 3 is 2.34 bits per heavy atom. The van der Waals surface area contributed by atoms with Crippen molar-refractivity contribution >= 4 is 15.7 Å². The Labute approximate surface area is 203 Å². The second-order valence-electron chi connectivity index (χ2n) is 9.94. The molecule has 10 heteroatoms. The molecular formula is C25H27F2N5O2S. The Bertz CT molecular complexity index is 1320. The van der Waals surface area contributed by atoms with E-state index in [2.05, 4.69) is 10.2 Å². The summed E-state index contributed by atoms with van der Waals surface area (Å²) in [7, 11) is -3.73. The van der Waals surface area contributed by atoms with Crippen molar-refractivity contribution < 1.29 is 17.2 Å². The zero-order valence-electron chi connectivity index (χ0n) is 19.3. The van der Waals surface area contributed by atoms with E-state index in [0.717, 1.165) is 5.56 Å². The first-order chi connectivity index (χ1) is 16.8. The maximum atomic E-state index is 15.2. The van der Waals surface area contributed by atoms with Crippen LogP contribution in [0, 0.1) is 23.5 Å². The third-order valence-corrected chi connectivity index (χ3v) is 10.3. The summed E-state index contributed by atoms with van der Waals surface area (Å²) in [5.74, 6) is -0.378. The summed E-state index contributed by atoms with van der Waals surface area (Å²) in [5.41, 5.74) is 1.02. The molecule has 2 aromatic carbocycles. The van der Waals surface area contributed by atoms with Gasteiger partial charge in [-0.05, 0) is 31.4 Å². The Morgan fingerprint density at radius 2 is 1.66 bits per heavy atom. The average molecular weight is 500 g/mol. The zero-order valence-corrected chi connectivity index (χ0v) is 20.2. The van der Waals surface area contributed by atoms with Gasteiger partial charge in [0.25, 0.3) is 0 Å². The molecule has 0 radical (unpaired) electrons. The van der Waals surface area contributed by atoms with E-state index < -0.39 is 26.9 Å². The van der Waals surface area contributed by atoms with Gasteiger partial charge >= 0.3 is 0 Å². The molecular weight excluding hydrogens is 472 g/mol. The Hall–Kier alpha value is -2.85. The van der Waals surface area contributed by atoms with Gasteiger partial charge in [-0.25, -0.2) is 17.2 Å². The van der Waals surface area contributed by atoms with Crippen LogP contribution in [-0.4, -0.2) is 46.6 Å². The number of aromatic nitrogens is 3. The maximum Gasteiger partial charge on any atom is 0.221 e. The van der Waals surface area contributed by atoms with Crippen molar-refractivity contribution in [2.75, 3.05) is 18.0 Å². The highest BCUT2D eigenvalue weighted by molar-refractivity contribution is 7.89. The summed E-state index contributed by atoms with van der Waals surface area (Å²) in [5, 5.41) is 7.02. The van der Waals surface area contributed by atoms with Crippen LogP contribution in [-0.2, 0) is 16.6 Å². The summed E-state index contributed by atoms with van der Waals surface area (Å²) in [6, 6.07) is 11.5. The van der Waals surface area contributed by atoms with Crippen LogP contribution in [0.25, 0.3) is 0 Å². The van der Waals surface area contributed by atoms with Crippen molar-refractivity contribution in [2.24, 2.45) is 11.8 Å². The van der Waals surface area contributed by atoms with Crippen molar-refractivity contribution in [1.82, 2.24) is 19.1 Å². The van der Waals surface area contributed by atoms with Crippen molar-refractivity contribution in [2.45, 2.75) is 43.6 Å². The number of sulfonamides is 1. The van der Waals surface area contributed by atoms with Gasteiger partial charge in [0.15, 0.2) is 0 Å². The van der Waals surface area contributed by atoms with Crippen LogP contribution >= 0.6 is 0 Å². The van der Waals surface area contributed by atoms with Crippen molar-refractivity contribution in [3.8, 4) is 0 Å². The topological polar surface area (TPSA) is 71.3 Å². The van der Waals surface area contributed by atoms with E-state index in [9.17, 15) is 8.42 Å². The van der Waals surface area contributed by atoms with Crippen molar-refractivity contribution in [3.63, 3.8) is 0 Å². The predicted octanol–water partition coefficient (Wildman–Crippen LogP) is 3.92. The molecule has 7 nitrogen and oxygen atoms in total. The molecule has 2 saturated heterocycles. The van der Waals surface area contributed by atoms with Crippen LogP contribution < -0.4 is 4.90 Å². The highest BCUT2D eigenvalue weighted by Crippen LogP contribution is 2.56. The van der Waals surface area contributed by atoms with Crippen LogP contribution in [0.1, 0.15) is 42.2 Å². The van der Waals surface area contributed by atoms with E-state index >= 15 is 8.78 Å². The van der Waals surface area contributed by atoms with E-state index in [0.29, 0.717) is 43.8 Å². The second-order valence-corrected chi connectivity index (χ2v) is 12.0. The first kappa shape index (κ1) is 22.6. The minimum absolute atomic E-state index is 0.0575. The molecule has 3 aromatic rings. The molecule has 6 rings (SSSR count). The van der Waals surface area contributed by atoms with Crippen LogP contribution in [0.15, 0.2) is 55.1 Å². The van der Waals surface area contributed by atoms with Gasteiger partial charge in [0.2, 0.25) is 10.0 Å². The first-order valence-electron chi connectivity index (χ1n) is 12.0. The SMILES string of the molecule is CC1CCC(c2ccccc2)S(=O)(=O)N1Cc1cc(F)c(N2CC3[C@@H](C2)[C@@H]3n2cnnc2)cc1F. The highest BCUT2D eigenvalue weighted by Gasteiger charge is 2.57. The van der Waals surface area contributed by atoms with Gasteiger partial charge in [-0.15, -0.1) is 10.2 Å². The number of nitrogens with zero attached hydrogens (tertiary/aromatic N) is 5. The molecule has 184 valence electrons. The minimum Gasteiger partial charge on any atom is -0.368 e. The fraction of sp³-hybridized carbons (Fsp3) is 0.440. The Morgan fingerprint density at radius 1 is 0.971 bits per heavy atom. The minimum atomic E-state index is -3.73. The Kier molecular flexibility index (Phi) is 5.41. The third kappa shape index (κ3) is 3.83. The maximum absolute atomic E-state index is 15.2. The number of rotatable bonds is 5. The lowest BCUT2D eigenvalue weighted by molar-refractivity contribution is 0.279. The lowest BCUT2D eigenvalue weighted by Crippen LogP contribution is -2.44. The van der Waals surface area contributed by atoms with E-state index in [-0.39, 0.29) is 23.8 Å². The number of anilines is 1. The standard InChI is InChI=1S/C25H27F2N5O2S/c1-16-7-8-24(17-5-3-2-4-6-17)35(33,34)32(16)11-18-9-22(27)23(10-21(18)26)30-12-19-20(13-30)25(19)31-14-28-29-15-31/h2-6,9-10,14-16,19-20,24-25H,7-8,11-13H2,1H3/t16?,19-,20?,24?,25+/m1/s1. The fourth-order valence-electron chi connectivity index (χ4n) is 5.96. The lowest BCUT2D eigenvalue weighted by atomic mass is 10.0. The molecule has 0 spiro atoms. The first-order valence-corrected chi connectivity index (χ1v) is 13.5. The largest absolute Gasteiger partial charge is 0.368 e. The van der Waals surface area contributed by atoms with Crippen LogP contribution in [0.5, 0.6) is 0 Å². The van der Waals surface area contributed by atoms with Crippen LogP contribution in [0.3, 0.4) is 0 Å². The van der Waals surface area contributed by atoms with Gasteiger partial charge in [0.05, 0.1) is 5.69 Å². The molecule has 1 saturated carbocycles. The molecule has 1 aliphatic carbocycles. The normalized spacial score (nSPS) is 29.8. The smallest absolute Gasteiger partial charge is 0.221 e. The number of fused-ring (bicyclic) bond motifs is 1. The molecule has 3 aliphatic rings. The average Bonchev–Trinajstić information content (AvgIpc) is 3.21. The molecule has 3 unspecified atom stereocenters. The molecule has 0 bridgehead atoms. The lowest BCUT2D eigenvalue weighted by Gasteiger charge is -2.37. The summed E-state index contributed by atoms with van der Waals surface area (Å²) in [6.45, 7) is 2.92. The summed E-state index contributed by atoms with van der Waals surface area (Å²) < 4.78 is 60.6. The van der Waals surface area contributed by atoms with Crippen molar-refractivity contribution in [3.05, 3.63) is 77.9 Å². The molecule has 35 heavy (non-hydrogen) atoms. The summed E-state index contributed by atoms with van der Waals surface area (Å²) in [4.78, 5) is 1.88. The van der Waals surface area contributed by atoms with Crippen molar-refractivity contribution in [1.29, 1.82) is 0 Å². The van der Waals surface area contributed by atoms with Gasteiger partial charge in [0.1, 0.15) is 29.5 Å². The summed E-state index contributed by atoms with van der Waals surface area (Å²) >= 11 is 0. The zero-order chi connectivity index (χ0) is 24.3. The monoisotopic (exact) mass is 499 g/mol. The molecule has 1 aromatic heterocycles. The molecule has 5 atom stereocenters. The predicted molar refractivity (Wildman–Crippen MR) is 127 cm³/mol. The van der Waals surface area contributed by atoms with Gasteiger partial charge in [-0.2, -0.15) is 4.31 Å². The third-order valence-electron chi connectivity index (χ3n) is 7.91. The number of benzene rings is 2. The van der Waals surface area contributed by atoms with Gasteiger partial charge in [-0.3, -0.25) is 0 Å². The van der Waals surface area contributed by atoms with E-state index in [1.54, 1.807) is 24.8 Å². The Balaban J connectivity index is 1.20. The van der Waals surface area contributed by atoms with E-state index in [1.165, 1.54) is 16.4 Å². The number of halogens is 2. The van der Waals surface area contributed by atoms with Gasteiger partial charge in [0, 0.05) is 55.2 Å². The quantitative estimate of drug-likeness (QED) is 0.532. The molecule has 0 amide bonds. The van der Waals surface area contributed by atoms with Gasteiger partial charge < -0.3 is 9.47 Å². The summed E-state index contributed by atoms with van der Waals surface area (Å²) in [6.07, 6.45) is 4.55. The number of hydrogen-bond acceptors (Lipinski definition) is 5. The van der Waals surface area contributed by atoms with Crippen LogP contribution in [0.2, 0.25) is 0 Å². The molecule has 3 fully saturated rings. The number of piperidine rings is 1. The van der Waals surface area contributed by atoms with E-state index in [4.69, 9.17) is 0 Å². The van der Waals surface area contributed by atoms with E-state index in [1.807, 2.05) is 34.6 Å². The molecule has 2 aliphatic heterocycles. The molecule has 0 N–H and O–H groups in total.